The van der Waals surface area contributed by atoms with E-state index in [9.17, 15) is 20.1 Å². The Morgan fingerprint density at radius 2 is 2.00 bits per heavy atom. The van der Waals surface area contributed by atoms with Crippen LogP contribution in [-0.2, 0) is 16.2 Å². The molecule has 0 bridgehead atoms. The lowest BCUT2D eigenvalue weighted by Crippen LogP contribution is -2.33. The van der Waals surface area contributed by atoms with Crippen molar-refractivity contribution in [3.8, 4) is 0 Å². The van der Waals surface area contributed by atoms with Crippen LogP contribution in [0.2, 0.25) is 0 Å². The third kappa shape index (κ3) is 3.54. The van der Waals surface area contributed by atoms with Crippen molar-refractivity contribution in [1.29, 1.82) is 0 Å². The van der Waals surface area contributed by atoms with Gasteiger partial charge < -0.3 is 25.8 Å². The van der Waals surface area contributed by atoms with Crippen LogP contribution in [0.3, 0.4) is 0 Å². The second-order valence-corrected chi connectivity index (χ2v) is 6.53. The van der Waals surface area contributed by atoms with E-state index in [2.05, 4.69) is 20.4 Å². The van der Waals surface area contributed by atoms with Crippen LogP contribution in [0, 0.1) is 0 Å². The molecule has 0 saturated carbocycles. The maximum absolute atomic E-state index is 12.2. The van der Waals surface area contributed by atoms with Gasteiger partial charge in [-0.15, -0.1) is 0 Å². The molecule has 3 aromatic rings. The predicted octanol–water partition coefficient (Wildman–Crippen LogP) is -1.14. The number of nitrogens with two attached hydrogens (primary N) is 1. The molecule has 1 aliphatic rings. The summed E-state index contributed by atoms with van der Waals surface area (Å²) in [4.78, 5) is 28.3. The van der Waals surface area contributed by atoms with E-state index in [1.807, 2.05) is 30.3 Å². The largest absolute Gasteiger partial charge is 0.394 e. The topological polar surface area (TPSA) is 181 Å². The summed E-state index contributed by atoms with van der Waals surface area (Å²) in [6.45, 7) is -0.323. The van der Waals surface area contributed by atoms with E-state index >= 15 is 0 Å². The number of aromatic nitrogens is 4. The standard InChI is InChI=1S/C17H20N6O6/c18-16-20-13-10(14(27)21-16)19-17(22-28-7-8-4-2-1-3-5-8)23(13)15-12(26)11(25)9(6-24)29-15/h1-5,9,11-12,15,24-26H,6-7H2,(H,19,22)(H3,18,20,21,27)/t9-,11+,12+,15-/m1/s1. The van der Waals surface area contributed by atoms with Crippen LogP contribution in [0.5, 0.6) is 0 Å². The molecular weight excluding hydrogens is 384 g/mol. The number of fused-ring (bicyclic) bond motifs is 1. The van der Waals surface area contributed by atoms with Gasteiger partial charge in [0.2, 0.25) is 11.9 Å². The summed E-state index contributed by atoms with van der Waals surface area (Å²) in [5, 5.41) is 29.9. The molecule has 4 atom stereocenters. The van der Waals surface area contributed by atoms with Crippen molar-refractivity contribution < 1.29 is 24.9 Å². The Morgan fingerprint density at radius 3 is 2.69 bits per heavy atom. The normalized spacial score (nSPS) is 24.2. The smallest absolute Gasteiger partial charge is 0.280 e. The fourth-order valence-electron chi connectivity index (χ4n) is 3.17. The van der Waals surface area contributed by atoms with Gasteiger partial charge in [0.1, 0.15) is 18.3 Å². The monoisotopic (exact) mass is 404 g/mol. The van der Waals surface area contributed by atoms with E-state index < -0.39 is 36.7 Å². The molecule has 154 valence electrons. The average molecular weight is 404 g/mol. The molecule has 7 N–H and O–H groups in total. The van der Waals surface area contributed by atoms with E-state index in [1.54, 1.807) is 0 Å². The van der Waals surface area contributed by atoms with Crippen molar-refractivity contribution in [3.05, 3.63) is 46.2 Å². The van der Waals surface area contributed by atoms with Gasteiger partial charge in [0.15, 0.2) is 17.4 Å². The first-order valence-corrected chi connectivity index (χ1v) is 8.81. The number of hydrogen-bond donors (Lipinski definition) is 6. The van der Waals surface area contributed by atoms with Gasteiger partial charge in [0, 0.05) is 0 Å². The maximum atomic E-state index is 12.2. The van der Waals surface area contributed by atoms with Crippen molar-refractivity contribution in [2.24, 2.45) is 0 Å². The van der Waals surface area contributed by atoms with Gasteiger partial charge in [-0.25, -0.2) is 10.5 Å². The van der Waals surface area contributed by atoms with Gasteiger partial charge in [-0.2, -0.15) is 4.98 Å². The number of nitrogens with zero attached hydrogens (tertiary/aromatic N) is 3. The van der Waals surface area contributed by atoms with Gasteiger partial charge >= 0.3 is 0 Å². The molecule has 2 aromatic heterocycles. The number of ether oxygens (including phenoxy) is 1. The minimum Gasteiger partial charge on any atom is -0.394 e. The number of imidazole rings is 1. The molecule has 1 aromatic carbocycles. The van der Waals surface area contributed by atoms with Gasteiger partial charge in [-0.1, -0.05) is 30.3 Å². The fraction of sp³-hybridized carbons (Fsp3) is 0.353. The van der Waals surface area contributed by atoms with Crippen LogP contribution in [-0.4, -0.2) is 59.8 Å². The highest BCUT2D eigenvalue weighted by molar-refractivity contribution is 5.74. The van der Waals surface area contributed by atoms with Crippen molar-refractivity contribution in [3.63, 3.8) is 0 Å². The van der Waals surface area contributed by atoms with Gasteiger partial charge in [-0.05, 0) is 5.56 Å². The number of aliphatic hydroxyl groups excluding tert-OH is 3. The summed E-state index contributed by atoms with van der Waals surface area (Å²) in [6, 6.07) is 9.33. The highest BCUT2D eigenvalue weighted by Gasteiger charge is 2.45. The minimum absolute atomic E-state index is 0.00868. The lowest BCUT2D eigenvalue weighted by molar-refractivity contribution is -0.0508. The first-order chi connectivity index (χ1) is 14.0. The molecule has 0 radical (unpaired) electrons. The van der Waals surface area contributed by atoms with E-state index in [4.69, 9.17) is 15.3 Å². The molecule has 1 fully saturated rings. The van der Waals surface area contributed by atoms with E-state index in [0.29, 0.717) is 0 Å². The van der Waals surface area contributed by atoms with Crippen molar-refractivity contribution >= 4 is 23.1 Å². The number of aromatic amines is 1. The summed E-state index contributed by atoms with van der Waals surface area (Å²) in [5.41, 5.74) is 8.51. The van der Waals surface area contributed by atoms with Crippen molar-refractivity contribution in [2.45, 2.75) is 31.1 Å². The molecule has 4 rings (SSSR count). The molecular formula is C17H20N6O6. The predicted molar refractivity (Wildman–Crippen MR) is 100 cm³/mol. The third-order valence-electron chi connectivity index (χ3n) is 4.59. The Kier molecular flexibility index (Phi) is 5.17. The lowest BCUT2D eigenvalue weighted by Gasteiger charge is -2.19. The number of H-pyrrole nitrogens is 1. The number of benzene rings is 1. The maximum Gasteiger partial charge on any atom is 0.280 e. The summed E-state index contributed by atoms with van der Waals surface area (Å²) < 4.78 is 6.82. The number of hydrogen-bond acceptors (Lipinski definition) is 10. The van der Waals surface area contributed by atoms with Gasteiger partial charge in [0.25, 0.3) is 5.56 Å². The van der Waals surface area contributed by atoms with Crippen molar-refractivity contribution in [2.75, 3.05) is 17.8 Å². The zero-order valence-electron chi connectivity index (χ0n) is 15.1. The number of aliphatic hydroxyl groups is 3. The highest BCUT2D eigenvalue weighted by Crippen LogP contribution is 2.33. The second kappa shape index (κ2) is 7.77. The number of rotatable bonds is 6. The van der Waals surface area contributed by atoms with Crippen LogP contribution >= 0.6 is 0 Å². The van der Waals surface area contributed by atoms with E-state index in [0.717, 1.165) is 5.56 Å². The van der Waals surface area contributed by atoms with Gasteiger partial charge in [-0.3, -0.25) is 19.2 Å². The van der Waals surface area contributed by atoms with Crippen LogP contribution in [0.25, 0.3) is 11.2 Å². The third-order valence-corrected chi connectivity index (χ3v) is 4.59. The minimum atomic E-state index is -1.42. The first-order valence-electron chi connectivity index (χ1n) is 8.81. The molecule has 0 spiro atoms. The number of anilines is 2. The van der Waals surface area contributed by atoms with Crippen molar-refractivity contribution in [1.82, 2.24) is 19.5 Å². The Hall–Kier alpha value is -3.03. The Labute approximate surface area is 163 Å². The van der Waals surface area contributed by atoms with Gasteiger partial charge in [0.05, 0.1) is 13.2 Å². The molecule has 29 heavy (non-hydrogen) atoms. The van der Waals surface area contributed by atoms with Crippen LogP contribution in [0.4, 0.5) is 11.9 Å². The molecule has 1 aliphatic heterocycles. The summed E-state index contributed by atoms with van der Waals surface area (Å²) in [7, 11) is 0. The number of nitrogens with one attached hydrogen (secondary N) is 2. The Bertz CT molecular complexity index is 1050. The number of nitrogen functional groups attached to an aromatic ring is 1. The average Bonchev–Trinajstić information content (AvgIpc) is 3.20. The summed E-state index contributed by atoms with van der Waals surface area (Å²) in [5.74, 6) is -0.151. The summed E-state index contributed by atoms with van der Waals surface area (Å²) >= 11 is 0. The highest BCUT2D eigenvalue weighted by atomic mass is 16.6. The SMILES string of the molecule is Nc1nc2c(nc(NOCc3ccccc3)n2[C@@H]2O[C@H](CO)[C@H](O)[C@@H]2O)c(=O)[nH]1. The molecule has 0 unspecified atom stereocenters. The van der Waals surface area contributed by atoms with E-state index in [1.165, 1.54) is 4.57 Å². The summed E-state index contributed by atoms with van der Waals surface area (Å²) in [6.07, 6.45) is -4.98. The molecule has 0 amide bonds. The quantitative estimate of drug-likeness (QED) is 0.275. The molecule has 3 heterocycles. The molecule has 1 saturated heterocycles. The van der Waals surface area contributed by atoms with E-state index in [-0.39, 0.29) is 29.7 Å². The first kappa shape index (κ1) is 19.3. The Morgan fingerprint density at radius 1 is 1.24 bits per heavy atom. The fourth-order valence-corrected chi connectivity index (χ4v) is 3.17. The molecule has 12 heteroatoms. The molecule has 12 nitrogen and oxygen atoms in total. The van der Waals surface area contributed by atoms with Crippen LogP contribution in [0.15, 0.2) is 35.1 Å². The van der Waals surface area contributed by atoms with Crippen LogP contribution < -0.4 is 16.8 Å². The zero-order valence-corrected chi connectivity index (χ0v) is 15.1. The second-order valence-electron chi connectivity index (χ2n) is 6.53. The lowest BCUT2D eigenvalue weighted by atomic mass is 10.1. The molecule has 0 aliphatic carbocycles. The Balaban J connectivity index is 1.70. The van der Waals surface area contributed by atoms with Crippen LogP contribution in [0.1, 0.15) is 11.8 Å². The zero-order chi connectivity index (χ0) is 20.5.